The molecular formula is C18H27N5O. The molecule has 1 aliphatic rings. The molecule has 1 aliphatic heterocycles. The summed E-state index contributed by atoms with van der Waals surface area (Å²) in [6.07, 6.45) is 9.38. The minimum Gasteiger partial charge on any atom is -0.342 e. The number of carbonyl (C=O) groups excluding carboxylic acids is 1. The number of hydrogen-bond donors (Lipinski definition) is 1. The standard InChI is InChI=1S/C18H27N5O/c1-14(2)18-19-8-11-22(18)10-6-17(24)23-9-3-4-15(13-23)12-16-5-7-20-21-16/h5,7-8,11,14-15H,3-4,6,9-10,12-13H2,1-2H3,(H,20,21)/t15-/m1/s1. The summed E-state index contributed by atoms with van der Waals surface area (Å²) >= 11 is 0. The number of piperidine rings is 1. The van der Waals surface area contributed by atoms with E-state index in [0.717, 1.165) is 37.4 Å². The molecule has 0 spiro atoms. The molecule has 3 rings (SSSR count). The van der Waals surface area contributed by atoms with Crippen LogP contribution in [0.25, 0.3) is 0 Å². The smallest absolute Gasteiger partial charge is 0.224 e. The van der Waals surface area contributed by atoms with Crippen LogP contribution in [0.1, 0.15) is 50.5 Å². The van der Waals surface area contributed by atoms with E-state index in [-0.39, 0.29) is 5.91 Å². The summed E-state index contributed by atoms with van der Waals surface area (Å²) in [6, 6.07) is 2.02. The molecule has 1 N–H and O–H groups in total. The van der Waals surface area contributed by atoms with Crippen LogP contribution in [0.4, 0.5) is 0 Å². The molecule has 0 radical (unpaired) electrons. The van der Waals surface area contributed by atoms with Gasteiger partial charge in [0, 0.05) is 56.3 Å². The number of likely N-dealkylation sites (tertiary alicyclic amines) is 1. The Labute approximate surface area is 143 Å². The first-order chi connectivity index (χ1) is 11.6. The van der Waals surface area contributed by atoms with Gasteiger partial charge < -0.3 is 9.47 Å². The predicted molar refractivity (Wildman–Crippen MR) is 92.5 cm³/mol. The Morgan fingerprint density at radius 1 is 1.42 bits per heavy atom. The molecule has 0 aromatic carbocycles. The number of rotatable bonds is 6. The first kappa shape index (κ1) is 16.7. The molecule has 0 saturated carbocycles. The number of aromatic nitrogens is 4. The molecule has 0 aliphatic carbocycles. The number of nitrogens with zero attached hydrogens (tertiary/aromatic N) is 4. The maximum absolute atomic E-state index is 12.6. The van der Waals surface area contributed by atoms with Gasteiger partial charge in [0.25, 0.3) is 0 Å². The molecule has 2 aromatic heterocycles. The highest BCUT2D eigenvalue weighted by atomic mass is 16.2. The van der Waals surface area contributed by atoms with E-state index in [1.165, 1.54) is 6.42 Å². The molecule has 6 nitrogen and oxygen atoms in total. The first-order valence-corrected chi connectivity index (χ1v) is 8.90. The van der Waals surface area contributed by atoms with E-state index in [2.05, 4.69) is 33.6 Å². The molecule has 1 amide bonds. The number of imidazole rings is 1. The van der Waals surface area contributed by atoms with Crippen LogP contribution in [0.5, 0.6) is 0 Å². The number of hydrogen-bond acceptors (Lipinski definition) is 3. The third kappa shape index (κ3) is 4.04. The summed E-state index contributed by atoms with van der Waals surface area (Å²) in [5.74, 6) is 2.22. The van der Waals surface area contributed by atoms with Gasteiger partial charge in [0.05, 0.1) is 0 Å². The van der Waals surface area contributed by atoms with Crippen molar-refractivity contribution in [1.82, 2.24) is 24.6 Å². The summed E-state index contributed by atoms with van der Waals surface area (Å²) in [5.41, 5.74) is 1.16. The molecule has 0 bridgehead atoms. The lowest BCUT2D eigenvalue weighted by Crippen LogP contribution is -2.40. The Morgan fingerprint density at radius 2 is 2.29 bits per heavy atom. The van der Waals surface area contributed by atoms with E-state index in [1.54, 1.807) is 6.20 Å². The quantitative estimate of drug-likeness (QED) is 0.886. The molecule has 0 unspecified atom stereocenters. The average Bonchev–Trinajstić information content (AvgIpc) is 3.24. The third-order valence-electron chi connectivity index (χ3n) is 4.77. The van der Waals surface area contributed by atoms with E-state index in [9.17, 15) is 4.79 Å². The summed E-state index contributed by atoms with van der Waals surface area (Å²) < 4.78 is 2.11. The second-order valence-electron chi connectivity index (χ2n) is 7.02. The molecule has 3 heterocycles. The van der Waals surface area contributed by atoms with Crippen LogP contribution in [0, 0.1) is 5.92 Å². The van der Waals surface area contributed by atoms with Crippen molar-refractivity contribution in [1.29, 1.82) is 0 Å². The zero-order chi connectivity index (χ0) is 16.9. The van der Waals surface area contributed by atoms with E-state index in [1.807, 2.05) is 23.4 Å². The Hall–Kier alpha value is -2.11. The van der Waals surface area contributed by atoms with Crippen molar-refractivity contribution in [2.45, 2.75) is 52.0 Å². The molecular weight excluding hydrogens is 302 g/mol. The lowest BCUT2D eigenvalue weighted by Gasteiger charge is -2.32. The van der Waals surface area contributed by atoms with Gasteiger partial charge in [-0.05, 0) is 31.2 Å². The Balaban J connectivity index is 1.51. The molecule has 2 aromatic rings. The van der Waals surface area contributed by atoms with Gasteiger partial charge in [-0.15, -0.1) is 0 Å². The maximum atomic E-state index is 12.6. The van der Waals surface area contributed by atoms with Gasteiger partial charge >= 0.3 is 0 Å². The highest BCUT2D eigenvalue weighted by Crippen LogP contribution is 2.21. The zero-order valence-corrected chi connectivity index (χ0v) is 14.6. The van der Waals surface area contributed by atoms with Crippen LogP contribution in [0.2, 0.25) is 0 Å². The van der Waals surface area contributed by atoms with E-state index in [4.69, 9.17) is 0 Å². The molecule has 6 heteroatoms. The van der Waals surface area contributed by atoms with Crippen LogP contribution in [0.3, 0.4) is 0 Å². The fraction of sp³-hybridized carbons (Fsp3) is 0.611. The minimum absolute atomic E-state index is 0.257. The second-order valence-corrected chi connectivity index (χ2v) is 7.02. The fourth-order valence-corrected chi connectivity index (χ4v) is 3.55. The summed E-state index contributed by atoms with van der Waals surface area (Å²) in [5, 5.41) is 7.03. The first-order valence-electron chi connectivity index (χ1n) is 8.90. The Kier molecular flexibility index (Phi) is 5.33. The molecule has 130 valence electrons. The van der Waals surface area contributed by atoms with E-state index < -0.39 is 0 Å². The van der Waals surface area contributed by atoms with Crippen molar-refractivity contribution >= 4 is 5.91 Å². The average molecular weight is 329 g/mol. The van der Waals surface area contributed by atoms with E-state index >= 15 is 0 Å². The SMILES string of the molecule is CC(C)c1nccn1CCC(=O)N1CCC[C@H](Cc2ccn[nH]2)C1. The number of amides is 1. The number of carbonyl (C=O) groups is 1. The van der Waals surface area contributed by atoms with Crippen molar-refractivity contribution < 1.29 is 4.79 Å². The lowest BCUT2D eigenvalue weighted by molar-refractivity contribution is -0.133. The van der Waals surface area contributed by atoms with Crippen LogP contribution in [0.15, 0.2) is 24.7 Å². The van der Waals surface area contributed by atoms with Gasteiger partial charge in [-0.2, -0.15) is 5.10 Å². The van der Waals surface area contributed by atoms with Gasteiger partial charge in [-0.1, -0.05) is 13.8 Å². The number of nitrogens with one attached hydrogen (secondary N) is 1. The highest BCUT2D eigenvalue weighted by Gasteiger charge is 2.24. The minimum atomic E-state index is 0.257. The zero-order valence-electron chi connectivity index (χ0n) is 14.6. The van der Waals surface area contributed by atoms with Gasteiger partial charge in [-0.3, -0.25) is 9.89 Å². The van der Waals surface area contributed by atoms with E-state index in [0.29, 0.717) is 24.8 Å². The topological polar surface area (TPSA) is 66.8 Å². The van der Waals surface area contributed by atoms with Crippen molar-refractivity contribution in [2.75, 3.05) is 13.1 Å². The number of aromatic amines is 1. The van der Waals surface area contributed by atoms with Gasteiger partial charge in [0.2, 0.25) is 5.91 Å². The van der Waals surface area contributed by atoms with Gasteiger partial charge in [0.15, 0.2) is 0 Å². The summed E-state index contributed by atoms with van der Waals surface area (Å²) in [7, 11) is 0. The molecule has 1 saturated heterocycles. The molecule has 24 heavy (non-hydrogen) atoms. The fourth-order valence-electron chi connectivity index (χ4n) is 3.55. The van der Waals surface area contributed by atoms with Gasteiger partial charge in [0.1, 0.15) is 5.82 Å². The largest absolute Gasteiger partial charge is 0.342 e. The Bertz CT molecular complexity index is 646. The normalized spacial score (nSPS) is 18.3. The number of aryl methyl sites for hydroxylation is 1. The summed E-state index contributed by atoms with van der Waals surface area (Å²) in [6.45, 7) is 6.73. The molecule has 1 atom stereocenters. The third-order valence-corrected chi connectivity index (χ3v) is 4.77. The predicted octanol–water partition coefficient (Wildman–Crippen LogP) is 2.60. The van der Waals surface area contributed by atoms with Crippen LogP contribution in [-0.2, 0) is 17.8 Å². The van der Waals surface area contributed by atoms with Gasteiger partial charge in [-0.25, -0.2) is 4.98 Å². The van der Waals surface area contributed by atoms with Crippen LogP contribution >= 0.6 is 0 Å². The lowest BCUT2D eigenvalue weighted by atomic mass is 9.93. The Morgan fingerprint density at radius 3 is 3.04 bits per heavy atom. The summed E-state index contributed by atoms with van der Waals surface area (Å²) in [4.78, 5) is 19.0. The maximum Gasteiger partial charge on any atom is 0.224 e. The second kappa shape index (κ2) is 7.64. The van der Waals surface area contributed by atoms with Crippen LogP contribution < -0.4 is 0 Å². The highest BCUT2D eigenvalue weighted by molar-refractivity contribution is 5.76. The van der Waals surface area contributed by atoms with Crippen molar-refractivity contribution in [2.24, 2.45) is 5.92 Å². The monoisotopic (exact) mass is 329 g/mol. The van der Waals surface area contributed by atoms with Crippen molar-refractivity contribution in [3.05, 3.63) is 36.2 Å². The van der Waals surface area contributed by atoms with Crippen molar-refractivity contribution in [3.63, 3.8) is 0 Å². The van der Waals surface area contributed by atoms with Crippen molar-refractivity contribution in [3.8, 4) is 0 Å². The van der Waals surface area contributed by atoms with Crippen LogP contribution in [-0.4, -0.2) is 43.6 Å². The molecule has 1 fully saturated rings. The number of H-pyrrole nitrogens is 1.